The van der Waals surface area contributed by atoms with Gasteiger partial charge in [-0.1, -0.05) is 35.8 Å². The van der Waals surface area contributed by atoms with Crippen molar-refractivity contribution in [1.82, 2.24) is 10.7 Å². The molecule has 0 unspecified atom stereocenters. The zero-order valence-corrected chi connectivity index (χ0v) is 21.2. The summed E-state index contributed by atoms with van der Waals surface area (Å²) in [6.45, 7) is 6.09. The molecule has 0 aliphatic carbocycles. The van der Waals surface area contributed by atoms with Crippen LogP contribution in [0.4, 0.5) is 0 Å². The average molecular weight is 540 g/mol. The Morgan fingerprint density at radius 1 is 1.09 bits per heavy atom. The predicted octanol–water partition coefficient (Wildman–Crippen LogP) is 5.04. The van der Waals surface area contributed by atoms with Crippen LogP contribution >= 0.6 is 15.9 Å². The maximum atomic E-state index is 12.8. The van der Waals surface area contributed by atoms with Gasteiger partial charge in [0.15, 0.2) is 11.5 Å². The van der Waals surface area contributed by atoms with Crippen LogP contribution in [0.2, 0.25) is 0 Å². The normalized spacial score (nSPS) is 13.3. The molecule has 1 aliphatic rings. The number of benzene rings is 2. The number of furan rings is 1. The summed E-state index contributed by atoms with van der Waals surface area (Å²) in [5, 5.41) is 6.81. The molecule has 4 rings (SSSR count). The lowest BCUT2D eigenvalue weighted by molar-refractivity contribution is -0.123. The number of halogens is 1. The van der Waals surface area contributed by atoms with Crippen LogP contribution in [0.3, 0.4) is 0 Å². The number of aryl methyl sites for hydroxylation is 1. The van der Waals surface area contributed by atoms with Crippen molar-refractivity contribution < 1.29 is 23.5 Å². The molecule has 1 aliphatic heterocycles. The van der Waals surface area contributed by atoms with Gasteiger partial charge in [-0.3, -0.25) is 9.59 Å². The number of hydrogen-bond acceptors (Lipinski definition) is 6. The van der Waals surface area contributed by atoms with Crippen LogP contribution in [0.5, 0.6) is 11.5 Å². The molecule has 3 aromatic rings. The highest BCUT2D eigenvalue weighted by molar-refractivity contribution is 9.10. The van der Waals surface area contributed by atoms with E-state index in [0.717, 1.165) is 15.6 Å². The molecule has 0 bridgehead atoms. The van der Waals surface area contributed by atoms with Crippen molar-refractivity contribution in [2.45, 2.75) is 33.2 Å². The van der Waals surface area contributed by atoms with Crippen LogP contribution in [-0.4, -0.2) is 30.9 Å². The second kappa shape index (κ2) is 10.8. The largest absolute Gasteiger partial charge is 0.455 e. The van der Waals surface area contributed by atoms with Gasteiger partial charge in [0.05, 0.1) is 6.21 Å². The first-order valence-corrected chi connectivity index (χ1v) is 12.0. The quantitative estimate of drug-likeness (QED) is 0.308. The summed E-state index contributed by atoms with van der Waals surface area (Å²) in [4.78, 5) is 25.6. The van der Waals surface area contributed by atoms with Crippen molar-refractivity contribution in [3.05, 3.63) is 69.9 Å². The number of carbonyl (C=O) groups excluding carboxylic acids is 2. The maximum absolute atomic E-state index is 12.8. The predicted molar refractivity (Wildman–Crippen MR) is 136 cm³/mol. The van der Waals surface area contributed by atoms with E-state index in [9.17, 15) is 9.59 Å². The smallest absolute Gasteiger partial charge is 0.262 e. The van der Waals surface area contributed by atoms with E-state index in [-0.39, 0.29) is 18.6 Å². The minimum Gasteiger partial charge on any atom is -0.455 e. The summed E-state index contributed by atoms with van der Waals surface area (Å²) < 4.78 is 17.4. The summed E-state index contributed by atoms with van der Waals surface area (Å²) in [7, 11) is 0. The highest BCUT2D eigenvalue weighted by Gasteiger charge is 2.24. The van der Waals surface area contributed by atoms with Gasteiger partial charge in [-0.25, -0.2) is 5.43 Å². The first-order chi connectivity index (χ1) is 16.8. The number of nitrogens with one attached hydrogen (secondary N) is 2. The molecule has 2 heterocycles. The third-order valence-corrected chi connectivity index (χ3v) is 6.00. The lowest BCUT2D eigenvalue weighted by atomic mass is 10.0. The van der Waals surface area contributed by atoms with Gasteiger partial charge in [-0.05, 0) is 67.3 Å². The van der Waals surface area contributed by atoms with Crippen molar-refractivity contribution in [3.8, 4) is 22.8 Å². The molecule has 1 aromatic heterocycles. The van der Waals surface area contributed by atoms with Crippen molar-refractivity contribution >= 4 is 34.0 Å². The average Bonchev–Trinajstić information content (AvgIpc) is 3.47. The summed E-state index contributed by atoms with van der Waals surface area (Å²) in [6.07, 6.45) is 1.87. The van der Waals surface area contributed by atoms with Gasteiger partial charge in [0, 0.05) is 15.6 Å². The number of hydrazone groups is 1. The highest BCUT2D eigenvalue weighted by atomic mass is 79.9. The SMILES string of the molecule is Cc1ccc(-c2ccc(/C=N\NC(=O)[C@@H](CC(C)C)NC(=O)c3ccc4c(c3)OCO4)o2)c(Br)c1. The topological polar surface area (TPSA) is 102 Å². The summed E-state index contributed by atoms with van der Waals surface area (Å²) in [6, 6.07) is 13.7. The van der Waals surface area contributed by atoms with Gasteiger partial charge >= 0.3 is 0 Å². The zero-order valence-electron chi connectivity index (χ0n) is 19.6. The fraction of sp³-hybridized carbons (Fsp3) is 0.269. The Morgan fingerprint density at radius 3 is 2.66 bits per heavy atom. The van der Waals surface area contributed by atoms with Crippen molar-refractivity contribution in [2.75, 3.05) is 6.79 Å². The summed E-state index contributed by atoms with van der Waals surface area (Å²) in [5.41, 5.74) is 4.94. The molecule has 35 heavy (non-hydrogen) atoms. The molecule has 0 radical (unpaired) electrons. The van der Waals surface area contributed by atoms with Gasteiger partial charge in [-0.15, -0.1) is 0 Å². The van der Waals surface area contributed by atoms with E-state index in [4.69, 9.17) is 13.9 Å². The van der Waals surface area contributed by atoms with Crippen LogP contribution in [0.25, 0.3) is 11.3 Å². The maximum Gasteiger partial charge on any atom is 0.262 e. The molecular formula is C26H26BrN3O5. The lowest BCUT2D eigenvalue weighted by Crippen LogP contribution is -2.46. The van der Waals surface area contributed by atoms with Gasteiger partial charge < -0.3 is 19.2 Å². The molecule has 2 aromatic carbocycles. The number of hydrogen-bond donors (Lipinski definition) is 2. The Hall–Kier alpha value is -3.59. The summed E-state index contributed by atoms with van der Waals surface area (Å²) in [5.74, 6) is 1.62. The van der Waals surface area contributed by atoms with Crippen molar-refractivity contribution in [2.24, 2.45) is 11.0 Å². The molecule has 1 atom stereocenters. The van der Waals surface area contributed by atoms with E-state index in [1.807, 2.05) is 45.0 Å². The number of carbonyl (C=O) groups is 2. The minimum absolute atomic E-state index is 0.121. The number of ether oxygens (including phenoxy) is 2. The zero-order chi connectivity index (χ0) is 24.9. The first kappa shape index (κ1) is 24.5. The fourth-order valence-corrected chi connectivity index (χ4v) is 4.30. The molecule has 0 fully saturated rings. The molecule has 0 spiro atoms. The summed E-state index contributed by atoms with van der Waals surface area (Å²) >= 11 is 3.55. The Balaban J connectivity index is 1.39. The van der Waals surface area contributed by atoms with Gasteiger partial charge in [0.25, 0.3) is 11.8 Å². The number of fused-ring (bicyclic) bond motifs is 1. The second-order valence-electron chi connectivity index (χ2n) is 8.64. The monoisotopic (exact) mass is 539 g/mol. The standard InChI is InChI=1S/C26H26BrN3O5/c1-15(2)10-21(29-25(31)17-5-8-23-24(12-17)34-14-33-23)26(32)30-28-13-18-6-9-22(35-18)19-7-4-16(3)11-20(19)27/h4-9,11-13,15,21H,10,14H2,1-3H3,(H,29,31)(H,30,32)/b28-13-/t21-/m1/s1. The molecule has 9 heteroatoms. The molecule has 182 valence electrons. The third-order valence-electron chi connectivity index (χ3n) is 5.35. The van der Waals surface area contributed by atoms with Crippen LogP contribution < -0.4 is 20.2 Å². The molecule has 0 saturated carbocycles. The van der Waals surface area contributed by atoms with Crippen molar-refractivity contribution in [1.29, 1.82) is 0 Å². The Kier molecular flexibility index (Phi) is 7.55. The molecular weight excluding hydrogens is 514 g/mol. The van der Waals surface area contributed by atoms with Gasteiger partial charge in [-0.2, -0.15) is 5.10 Å². The van der Waals surface area contributed by atoms with E-state index in [1.54, 1.807) is 24.3 Å². The number of nitrogens with zero attached hydrogens (tertiary/aromatic N) is 1. The van der Waals surface area contributed by atoms with Gasteiger partial charge in [0.2, 0.25) is 6.79 Å². The number of rotatable bonds is 8. The third kappa shape index (κ3) is 6.10. The fourth-order valence-electron chi connectivity index (χ4n) is 3.61. The van der Waals surface area contributed by atoms with E-state index >= 15 is 0 Å². The van der Waals surface area contributed by atoms with Crippen LogP contribution in [0.1, 0.15) is 41.9 Å². The van der Waals surface area contributed by atoms with Crippen LogP contribution in [0, 0.1) is 12.8 Å². The lowest BCUT2D eigenvalue weighted by Gasteiger charge is -2.19. The minimum atomic E-state index is -0.763. The van der Waals surface area contributed by atoms with Crippen molar-refractivity contribution in [3.63, 3.8) is 0 Å². The molecule has 2 N–H and O–H groups in total. The van der Waals surface area contributed by atoms with Crippen LogP contribution in [0.15, 0.2) is 62.5 Å². The molecule has 0 saturated heterocycles. The van der Waals surface area contributed by atoms with E-state index in [0.29, 0.717) is 35.0 Å². The molecule has 8 nitrogen and oxygen atoms in total. The Bertz CT molecular complexity index is 1270. The highest BCUT2D eigenvalue weighted by Crippen LogP contribution is 2.32. The molecule has 2 amide bonds. The van der Waals surface area contributed by atoms with E-state index in [1.165, 1.54) is 6.21 Å². The van der Waals surface area contributed by atoms with E-state index < -0.39 is 11.9 Å². The van der Waals surface area contributed by atoms with E-state index in [2.05, 4.69) is 31.8 Å². The van der Waals surface area contributed by atoms with Gasteiger partial charge in [0.1, 0.15) is 17.6 Å². The Labute approximate surface area is 211 Å². The Morgan fingerprint density at radius 2 is 1.89 bits per heavy atom. The second-order valence-corrected chi connectivity index (χ2v) is 9.50. The van der Waals surface area contributed by atoms with Crippen LogP contribution in [-0.2, 0) is 4.79 Å². The first-order valence-electron chi connectivity index (χ1n) is 11.2. The number of amides is 2.